The number of carboxylic acid groups (broad SMARTS) is 1. The van der Waals surface area contributed by atoms with Gasteiger partial charge in [0.2, 0.25) is 11.8 Å². The Morgan fingerprint density at radius 2 is 1.02 bits per heavy atom. The lowest BCUT2D eigenvalue weighted by atomic mass is 9.79. The van der Waals surface area contributed by atoms with E-state index in [4.69, 9.17) is 31.4 Å². The van der Waals surface area contributed by atoms with Crippen LogP contribution in [0, 0.1) is 5.92 Å². The van der Waals surface area contributed by atoms with Crippen molar-refractivity contribution in [2.45, 2.75) is 126 Å². The molecule has 2 unspecified atom stereocenters. The third-order valence-electron chi connectivity index (χ3n) is 14.2. The smallest absolute Gasteiger partial charge is 0.481 e. The van der Waals surface area contributed by atoms with Crippen molar-refractivity contribution in [2.75, 3.05) is 60.8 Å². The minimum atomic E-state index is -1.60. The van der Waals surface area contributed by atoms with E-state index in [1.54, 1.807) is 48.5 Å². The van der Waals surface area contributed by atoms with E-state index in [0.717, 1.165) is 37.4 Å². The Kier molecular flexibility index (Phi) is 44.0. The number of ether oxygens (including phenoxy) is 2. The summed E-state index contributed by atoms with van der Waals surface area (Å²) in [6.07, 6.45) is 11.3. The van der Waals surface area contributed by atoms with Gasteiger partial charge in [-0.05, 0) is 109 Å². The van der Waals surface area contributed by atoms with Crippen LogP contribution in [0.4, 0.5) is 11.4 Å². The Morgan fingerprint density at radius 3 is 1.45 bits per heavy atom. The van der Waals surface area contributed by atoms with Gasteiger partial charge in [0.1, 0.15) is 30.6 Å². The Labute approximate surface area is 597 Å². The van der Waals surface area contributed by atoms with Gasteiger partial charge < -0.3 is 51.0 Å². The molecule has 2 saturated heterocycles. The van der Waals surface area contributed by atoms with E-state index >= 15 is 0 Å². The molecule has 6 rings (SSSR count). The van der Waals surface area contributed by atoms with E-state index in [9.17, 15) is 58.5 Å². The molecule has 2 fully saturated rings. The Morgan fingerprint density at radius 1 is 0.577 bits per heavy atom. The van der Waals surface area contributed by atoms with Crippen molar-refractivity contribution in [3.63, 3.8) is 0 Å². The Hall–Kier alpha value is -5.41. The van der Waals surface area contributed by atoms with Gasteiger partial charge in [0.25, 0.3) is 0 Å². The van der Waals surface area contributed by atoms with E-state index in [2.05, 4.69) is 30.7 Å². The van der Waals surface area contributed by atoms with Gasteiger partial charge >= 0.3 is 32.1 Å². The lowest BCUT2D eigenvalue weighted by Gasteiger charge is -2.16. The molecule has 0 spiro atoms. The molecule has 0 bridgehead atoms. The van der Waals surface area contributed by atoms with Gasteiger partial charge in [0, 0.05) is 124 Å². The number of nitrogens with one attached hydrogen (secondary N) is 2. The van der Waals surface area contributed by atoms with Crippen molar-refractivity contribution in [3.8, 4) is 0 Å². The second-order valence-corrected chi connectivity index (χ2v) is 32.8. The number of unbranched alkanes of at least 4 members (excludes halogenated alkanes) is 2. The first kappa shape index (κ1) is 84.0. The normalized spacial score (nSPS) is 14.3. The van der Waals surface area contributed by atoms with Crippen LogP contribution in [0.3, 0.4) is 0 Å². The number of hydrogen-bond acceptors (Lipinski definition) is 25. The number of nitrogens with zero attached hydrogens (tertiary/aromatic N) is 6. The molecule has 524 valence electrons. The number of carbonyl (C=O) groups is 8. The summed E-state index contributed by atoms with van der Waals surface area (Å²) >= 11 is 0. The van der Waals surface area contributed by atoms with Crippen LogP contribution in [0.1, 0.15) is 128 Å². The van der Waals surface area contributed by atoms with Crippen LogP contribution in [-0.2, 0) is 51.1 Å². The number of esters is 2. The first-order chi connectivity index (χ1) is 46.8. The minimum absolute atomic E-state index is 0.0130. The van der Waals surface area contributed by atoms with Crippen LogP contribution in [0.2, 0.25) is 0 Å². The van der Waals surface area contributed by atoms with E-state index in [1.807, 2.05) is 43.2 Å². The van der Waals surface area contributed by atoms with Gasteiger partial charge in [-0.2, -0.15) is 0 Å². The standard InChI is InChI=1S/C32H41BN4O7S4.C23H28BN5O6S2.C8H14O2S2/c34-37-36-27-12-10-24(11-13-27)32(41)44-16-18-45-47-22-25(21-29(39)7-1-2-9-30-14-17-46-48-30)31(40)35-15-4-8-28(38)20-23-5-3-6-26(19-23)33(42)43;25-21(15-37-36-12-11-35-23(32)17-6-8-19(9-7-17)28-29-26)22(31)27-10-2-5-20(30)14-16-3-1-4-18(13-16)24(33)34;9-8(10)4-2-1-3-7-5-6-11-12-7/h3,5-6,10-13,19,25,30,42-43H,1-2,4,7-9,14-18,20-22H2,(H,35,40);1,3-4,6-9,13,21,33-34H,2,5,10-12,14-15,25H2,(H,27,31);7H,1-6H2,(H,9,10)/t25?,30-;;7-/m1.1/s1. The summed E-state index contributed by atoms with van der Waals surface area (Å²) in [4.78, 5) is 103. The van der Waals surface area contributed by atoms with Gasteiger partial charge in [-0.15, -0.1) is 0 Å². The van der Waals surface area contributed by atoms with E-state index in [0.29, 0.717) is 112 Å². The fourth-order valence-electron chi connectivity index (χ4n) is 9.09. The largest absolute Gasteiger partial charge is 0.488 e. The number of aliphatic carboxylic acids is 1. The first-order valence-corrected chi connectivity index (χ1v) is 41.3. The molecular formula is C63H83B2N9O15S8. The molecule has 0 aromatic heterocycles. The van der Waals surface area contributed by atoms with Crippen LogP contribution in [0.5, 0.6) is 0 Å². The summed E-state index contributed by atoms with van der Waals surface area (Å²) < 4.78 is 10.5. The molecule has 4 aromatic carbocycles. The maximum absolute atomic E-state index is 13.1. The molecule has 9 N–H and O–H groups in total. The van der Waals surface area contributed by atoms with Gasteiger partial charge in [0.05, 0.1) is 23.1 Å². The number of carbonyl (C=O) groups excluding carboxylic acids is 7. The summed E-state index contributed by atoms with van der Waals surface area (Å²) in [5.41, 5.74) is 26.3. The quantitative estimate of drug-likeness (QED) is 0.00388. The number of hydrogen-bond donors (Lipinski definition) is 8. The zero-order chi connectivity index (χ0) is 70.4. The van der Waals surface area contributed by atoms with E-state index < -0.39 is 44.1 Å². The molecule has 34 heteroatoms. The summed E-state index contributed by atoms with van der Waals surface area (Å²) in [5.74, 6) is 1.62. The predicted octanol–water partition coefficient (Wildman–Crippen LogP) is 10.5. The Bertz CT molecular complexity index is 3190. The fraction of sp³-hybridized carbons (Fsp3) is 0.492. The molecule has 24 nitrogen and oxygen atoms in total. The average Bonchev–Trinajstić information content (AvgIpc) is 2.23. The fourth-order valence-corrected chi connectivity index (χ4v) is 19.2. The monoisotopic (exact) mass is 1480 g/mol. The molecule has 0 radical (unpaired) electrons. The van der Waals surface area contributed by atoms with Gasteiger partial charge in [0.15, 0.2) is 0 Å². The van der Waals surface area contributed by atoms with Crippen LogP contribution in [0.25, 0.3) is 20.9 Å². The predicted molar refractivity (Wildman–Crippen MR) is 398 cm³/mol. The number of benzene rings is 4. The molecule has 0 aliphatic carbocycles. The molecular weight excluding hydrogens is 1400 g/mol. The van der Waals surface area contributed by atoms with Crippen molar-refractivity contribution in [3.05, 3.63) is 140 Å². The number of carboxylic acids is 1. The average molecular weight is 1480 g/mol. The number of rotatable bonds is 44. The summed E-state index contributed by atoms with van der Waals surface area (Å²) in [6.45, 7) is 0.987. The maximum atomic E-state index is 13.1. The third-order valence-corrected chi connectivity index (χ3v) is 25.1. The zero-order valence-electron chi connectivity index (χ0n) is 53.6. The van der Waals surface area contributed by atoms with Crippen LogP contribution in [-0.4, -0.2) is 164 Å². The van der Waals surface area contributed by atoms with Crippen molar-refractivity contribution in [1.29, 1.82) is 0 Å². The van der Waals surface area contributed by atoms with Crippen LogP contribution in [0.15, 0.2) is 107 Å². The van der Waals surface area contributed by atoms with Crippen LogP contribution >= 0.6 is 86.4 Å². The van der Waals surface area contributed by atoms with Crippen molar-refractivity contribution in [2.24, 2.45) is 21.9 Å². The second kappa shape index (κ2) is 50.8. The van der Waals surface area contributed by atoms with E-state index in [-0.39, 0.29) is 74.5 Å². The molecule has 2 aliphatic rings. The summed E-state index contributed by atoms with van der Waals surface area (Å²) in [7, 11) is 10.3. The minimum Gasteiger partial charge on any atom is -0.481 e. The van der Waals surface area contributed by atoms with Crippen molar-refractivity contribution < 1.29 is 73.0 Å². The first-order valence-electron chi connectivity index (χ1n) is 31.5. The number of nitrogens with two attached hydrogens (primary N) is 1. The SMILES string of the molecule is O=C(O)CCCC[C@@H]1CCSS1.[N-]=[N+]=Nc1ccc(C(=O)OCCSSCC(CC(=O)CCCC[C@@H]2CCSS2)C(=O)NCCCC(=O)Cc2cccc(B(O)O)c2)cc1.[N-]=[N+]=Nc1ccc(C(=O)OCCSSCC(N)C(=O)NCCCC(=O)Cc2cccc(B(O)O)c2)cc1. The molecule has 2 heterocycles. The summed E-state index contributed by atoms with van der Waals surface area (Å²) in [5, 5.41) is 59.5. The number of ketones is 3. The second-order valence-electron chi connectivity index (χ2n) is 22.0. The van der Waals surface area contributed by atoms with Gasteiger partial charge in [-0.3, -0.25) is 28.8 Å². The number of amides is 2. The lowest BCUT2D eigenvalue weighted by Crippen LogP contribution is -2.42. The highest BCUT2D eigenvalue weighted by Crippen LogP contribution is 2.41. The number of azide groups is 2. The number of Topliss-reactive ketones (excluding diaryl/α,β-unsaturated/α-hetero) is 3. The third kappa shape index (κ3) is 38.1. The molecule has 97 heavy (non-hydrogen) atoms. The Balaban J connectivity index is 0.000000359. The van der Waals surface area contributed by atoms with Crippen LogP contribution < -0.4 is 27.3 Å². The van der Waals surface area contributed by atoms with Crippen molar-refractivity contribution in [1.82, 2.24) is 10.6 Å². The van der Waals surface area contributed by atoms with Gasteiger partial charge in [-0.1, -0.05) is 182 Å². The topological polar surface area (TPSA) is 404 Å². The highest BCUT2D eigenvalue weighted by atomic mass is 33.1. The molecule has 2 aliphatic heterocycles. The molecule has 2 amide bonds. The molecule has 0 saturated carbocycles. The van der Waals surface area contributed by atoms with Gasteiger partial charge in [-0.25, -0.2) is 9.59 Å². The molecule has 4 atom stereocenters. The van der Waals surface area contributed by atoms with E-state index in [1.165, 1.54) is 122 Å². The zero-order valence-corrected chi connectivity index (χ0v) is 60.2. The summed E-state index contributed by atoms with van der Waals surface area (Å²) in [6, 6.07) is 24.7. The molecule has 4 aromatic rings. The maximum Gasteiger partial charge on any atom is 0.488 e. The lowest BCUT2D eigenvalue weighted by molar-refractivity contribution is -0.137. The van der Waals surface area contributed by atoms with Crippen molar-refractivity contribution >= 4 is 170 Å². The highest BCUT2D eigenvalue weighted by molar-refractivity contribution is 8.78. The highest BCUT2D eigenvalue weighted by Gasteiger charge is 2.24.